The van der Waals surface area contributed by atoms with Crippen LogP contribution in [0.25, 0.3) is 0 Å². The number of benzene rings is 1. The maximum atomic E-state index is 13.1. The first-order valence-corrected chi connectivity index (χ1v) is 4.75. The molecule has 0 aliphatic carbocycles. The third-order valence-electron chi connectivity index (χ3n) is 2.12. The summed E-state index contributed by atoms with van der Waals surface area (Å²) in [5, 5.41) is 0. The summed E-state index contributed by atoms with van der Waals surface area (Å²) in [6.45, 7) is 1.74. The van der Waals surface area contributed by atoms with E-state index in [0.717, 1.165) is 0 Å². The number of carbonyl (C=O) groups excluding carboxylic acids is 1. The average Bonchev–Trinajstić information content (AvgIpc) is 2.28. The second-order valence-electron chi connectivity index (χ2n) is 3.44. The Kier molecular flexibility index (Phi) is 2.72. The third-order valence-corrected chi connectivity index (χ3v) is 2.12. The molecule has 0 saturated heterocycles. The van der Waals surface area contributed by atoms with Crippen LogP contribution in [0.3, 0.4) is 0 Å². The van der Waals surface area contributed by atoms with Crippen LogP contribution in [-0.2, 0) is 0 Å². The SMILES string of the molecule is Cc1cc(F)cc(C(=O)c2ccncn2)c1. The predicted molar refractivity (Wildman–Crippen MR) is 56.6 cm³/mol. The Hall–Kier alpha value is -2.10. The second kappa shape index (κ2) is 4.18. The van der Waals surface area contributed by atoms with E-state index in [1.165, 1.54) is 30.7 Å². The van der Waals surface area contributed by atoms with Crippen LogP contribution in [0.1, 0.15) is 21.6 Å². The number of aryl methyl sites for hydroxylation is 1. The quantitative estimate of drug-likeness (QED) is 0.722. The summed E-state index contributed by atoms with van der Waals surface area (Å²) >= 11 is 0. The molecule has 2 rings (SSSR count). The molecule has 0 radical (unpaired) electrons. The molecule has 0 unspecified atom stereocenters. The standard InChI is InChI=1S/C12H9FN2O/c1-8-4-9(6-10(13)5-8)12(16)11-2-3-14-7-15-11/h2-7H,1H3. The first-order valence-electron chi connectivity index (χ1n) is 4.75. The van der Waals surface area contributed by atoms with Gasteiger partial charge in [-0.15, -0.1) is 0 Å². The van der Waals surface area contributed by atoms with Gasteiger partial charge < -0.3 is 0 Å². The number of hydrogen-bond acceptors (Lipinski definition) is 3. The van der Waals surface area contributed by atoms with Crippen molar-refractivity contribution in [3.8, 4) is 0 Å². The molecule has 1 aromatic heterocycles. The van der Waals surface area contributed by atoms with E-state index in [1.54, 1.807) is 13.0 Å². The molecule has 0 spiro atoms. The molecule has 0 N–H and O–H groups in total. The van der Waals surface area contributed by atoms with E-state index in [2.05, 4.69) is 9.97 Å². The molecule has 0 fully saturated rings. The van der Waals surface area contributed by atoms with Gasteiger partial charge in [-0.25, -0.2) is 14.4 Å². The van der Waals surface area contributed by atoms with Gasteiger partial charge in [0.1, 0.15) is 17.8 Å². The monoisotopic (exact) mass is 216 g/mol. The van der Waals surface area contributed by atoms with Crippen LogP contribution in [0.15, 0.2) is 36.8 Å². The molecule has 3 nitrogen and oxygen atoms in total. The number of ketones is 1. The van der Waals surface area contributed by atoms with Crippen molar-refractivity contribution in [1.29, 1.82) is 0 Å². The van der Waals surface area contributed by atoms with Crippen LogP contribution in [0.2, 0.25) is 0 Å². The summed E-state index contributed by atoms with van der Waals surface area (Å²) < 4.78 is 13.1. The number of aromatic nitrogens is 2. The molecule has 0 atom stereocenters. The maximum absolute atomic E-state index is 13.1. The number of hydrogen-bond donors (Lipinski definition) is 0. The molecular formula is C12H9FN2O. The summed E-state index contributed by atoms with van der Waals surface area (Å²) in [6, 6.07) is 5.71. The lowest BCUT2D eigenvalue weighted by atomic mass is 10.1. The number of halogens is 1. The molecule has 0 saturated carbocycles. The zero-order valence-electron chi connectivity index (χ0n) is 8.64. The first-order chi connectivity index (χ1) is 7.66. The Balaban J connectivity index is 2.42. The highest BCUT2D eigenvalue weighted by atomic mass is 19.1. The lowest BCUT2D eigenvalue weighted by Gasteiger charge is -2.01. The van der Waals surface area contributed by atoms with E-state index in [4.69, 9.17) is 0 Å². The summed E-state index contributed by atoms with van der Waals surface area (Å²) in [4.78, 5) is 19.4. The molecule has 2 aromatic rings. The van der Waals surface area contributed by atoms with E-state index in [9.17, 15) is 9.18 Å². The van der Waals surface area contributed by atoms with Crippen LogP contribution in [0.4, 0.5) is 4.39 Å². The molecule has 0 amide bonds. The number of rotatable bonds is 2. The zero-order valence-corrected chi connectivity index (χ0v) is 8.64. The van der Waals surface area contributed by atoms with Crippen molar-refractivity contribution in [2.45, 2.75) is 6.92 Å². The van der Waals surface area contributed by atoms with Gasteiger partial charge in [0.15, 0.2) is 0 Å². The number of nitrogens with zero attached hydrogens (tertiary/aromatic N) is 2. The van der Waals surface area contributed by atoms with Gasteiger partial charge in [0.25, 0.3) is 0 Å². The third kappa shape index (κ3) is 2.11. The van der Waals surface area contributed by atoms with Gasteiger partial charge in [-0.1, -0.05) is 0 Å². The van der Waals surface area contributed by atoms with Crippen molar-refractivity contribution < 1.29 is 9.18 Å². The van der Waals surface area contributed by atoms with Gasteiger partial charge in [0, 0.05) is 11.8 Å². The van der Waals surface area contributed by atoms with Gasteiger partial charge in [-0.3, -0.25) is 4.79 Å². The lowest BCUT2D eigenvalue weighted by molar-refractivity contribution is 0.103. The fraction of sp³-hybridized carbons (Fsp3) is 0.0833. The predicted octanol–water partition coefficient (Wildman–Crippen LogP) is 2.16. The summed E-state index contributed by atoms with van der Waals surface area (Å²) in [5.74, 6) is -0.720. The lowest BCUT2D eigenvalue weighted by Crippen LogP contribution is -2.04. The summed E-state index contributed by atoms with van der Waals surface area (Å²) in [6.07, 6.45) is 2.77. The fourth-order valence-electron chi connectivity index (χ4n) is 1.44. The van der Waals surface area contributed by atoms with E-state index in [-0.39, 0.29) is 11.5 Å². The minimum atomic E-state index is -0.419. The zero-order chi connectivity index (χ0) is 11.5. The van der Waals surface area contributed by atoms with Gasteiger partial charge in [0.2, 0.25) is 5.78 Å². The second-order valence-corrected chi connectivity index (χ2v) is 3.44. The minimum Gasteiger partial charge on any atom is -0.287 e. The molecular weight excluding hydrogens is 207 g/mol. The van der Waals surface area contributed by atoms with Gasteiger partial charge in [-0.2, -0.15) is 0 Å². The Morgan fingerprint density at radius 3 is 2.75 bits per heavy atom. The van der Waals surface area contributed by atoms with Crippen LogP contribution < -0.4 is 0 Å². The first kappa shape index (κ1) is 10.4. The van der Waals surface area contributed by atoms with Gasteiger partial charge >= 0.3 is 0 Å². The molecule has 1 aromatic carbocycles. The normalized spacial score (nSPS) is 10.1. The molecule has 0 bridgehead atoms. The van der Waals surface area contributed by atoms with Crippen molar-refractivity contribution >= 4 is 5.78 Å². The van der Waals surface area contributed by atoms with Crippen molar-refractivity contribution in [2.75, 3.05) is 0 Å². The van der Waals surface area contributed by atoms with Crippen LogP contribution in [0.5, 0.6) is 0 Å². The van der Waals surface area contributed by atoms with E-state index in [0.29, 0.717) is 11.1 Å². The fourth-order valence-corrected chi connectivity index (χ4v) is 1.44. The van der Waals surface area contributed by atoms with Crippen molar-refractivity contribution in [3.05, 3.63) is 59.4 Å². The van der Waals surface area contributed by atoms with Crippen LogP contribution in [0, 0.1) is 12.7 Å². The van der Waals surface area contributed by atoms with Crippen LogP contribution >= 0.6 is 0 Å². The summed E-state index contributed by atoms with van der Waals surface area (Å²) in [7, 11) is 0. The van der Waals surface area contributed by atoms with Crippen molar-refractivity contribution in [2.24, 2.45) is 0 Å². The molecule has 0 aliphatic rings. The highest BCUT2D eigenvalue weighted by Crippen LogP contribution is 2.11. The number of carbonyl (C=O) groups is 1. The Bertz CT molecular complexity index is 506. The topological polar surface area (TPSA) is 42.9 Å². The van der Waals surface area contributed by atoms with E-state index < -0.39 is 5.82 Å². The highest BCUT2D eigenvalue weighted by Gasteiger charge is 2.11. The van der Waals surface area contributed by atoms with Crippen molar-refractivity contribution in [1.82, 2.24) is 9.97 Å². The maximum Gasteiger partial charge on any atom is 0.211 e. The van der Waals surface area contributed by atoms with Crippen molar-refractivity contribution in [3.63, 3.8) is 0 Å². The smallest absolute Gasteiger partial charge is 0.211 e. The van der Waals surface area contributed by atoms with Gasteiger partial charge in [0.05, 0.1) is 0 Å². The molecule has 80 valence electrons. The molecule has 16 heavy (non-hydrogen) atoms. The largest absolute Gasteiger partial charge is 0.287 e. The van der Waals surface area contributed by atoms with E-state index in [1.807, 2.05) is 0 Å². The Morgan fingerprint density at radius 1 is 1.31 bits per heavy atom. The van der Waals surface area contributed by atoms with Gasteiger partial charge in [-0.05, 0) is 36.8 Å². The Labute approximate surface area is 92.0 Å². The van der Waals surface area contributed by atoms with Crippen LogP contribution in [-0.4, -0.2) is 15.8 Å². The highest BCUT2D eigenvalue weighted by molar-refractivity contribution is 6.07. The molecule has 4 heteroatoms. The molecule has 0 aliphatic heterocycles. The Morgan fingerprint density at radius 2 is 2.12 bits per heavy atom. The van der Waals surface area contributed by atoms with E-state index >= 15 is 0 Å². The minimum absolute atomic E-state index is 0.264. The molecule has 1 heterocycles. The average molecular weight is 216 g/mol. The summed E-state index contributed by atoms with van der Waals surface area (Å²) in [5.41, 5.74) is 1.27.